The second kappa shape index (κ2) is 10.3. The molecule has 0 spiro atoms. The summed E-state index contributed by atoms with van der Waals surface area (Å²) in [7, 11) is -3.38. The van der Waals surface area contributed by atoms with E-state index in [1.807, 2.05) is 19.1 Å². The molecule has 6 nitrogen and oxygen atoms in total. The molecule has 0 bridgehead atoms. The molecule has 0 atom stereocenters. The minimum absolute atomic E-state index is 0. The Kier molecular flexibility index (Phi) is 9.15. The lowest BCUT2D eigenvalue weighted by Gasteiger charge is -2.13. The summed E-state index contributed by atoms with van der Waals surface area (Å²) in [6.07, 6.45) is 1.87. The first-order chi connectivity index (χ1) is 11.4. The maximum absolute atomic E-state index is 12.1. The topological polar surface area (TPSA) is 82.6 Å². The van der Waals surface area contributed by atoms with Crippen molar-refractivity contribution in [3.8, 4) is 0 Å². The highest BCUT2D eigenvalue weighted by atomic mass is 127. The molecule has 0 saturated heterocycles. The molecule has 1 aromatic rings. The average molecular weight is 480 g/mol. The van der Waals surface area contributed by atoms with E-state index in [-0.39, 0.29) is 30.0 Å². The molecule has 1 aromatic carbocycles. The van der Waals surface area contributed by atoms with E-state index in [1.165, 1.54) is 0 Å². The summed E-state index contributed by atoms with van der Waals surface area (Å²) < 4.78 is 27.0. The zero-order valence-corrected chi connectivity index (χ0v) is 18.2. The van der Waals surface area contributed by atoms with Gasteiger partial charge < -0.3 is 10.6 Å². The lowest BCUT2D eigenvalue weighted by atomic mass is 10.2. The van der Waals surface area contributed by atoms with Gasteiger partial charge in [0.25, 0.3) is 0 Å². The van der Waals surface area contributed by atoms with Crippen LogP contribution in [0.25, 0.3) is 0 Å². The first kappa shape index (κ1) is 22.2. The Labute approximate surface area is 168 Å². The van der Waals surface area contributed by atoms with Crippen molar-refractivity contribution in [3.05, 3.63) is 29.8 Å². The van der Waals surface area contributed by atoms with Crippen LogP contribution >= 0.6 is 24.0 Å². The number of hydrogen-bond donors (Lipinski definition) is 3. The van der Waals surface area contributed by atoms with Gasteiger partial charge in [0, 0.05) is 19.1 Å². The second-order valence-electron chi connectivity index (χ2n) is 6.51. The zero-order valence-electron chi connectivity index (χ0n) is 15.1. The van der Waals surface area contributed by atoms with Crippen LogP contribution in [0, 0.1) is 5.92 Å². The van der Waals surface area contributed by atoms with Crippen LogP contribution in [0.2, 0.25) is 0 Å². The highest BCUT2D eigenvalue weighted by Gasteiger charge is 2.27. The molecule has 0 aromatic heterocycles. The van der Waals surface area contributed by atoms with Gasteiger partial charge in [-0.2, -0.15) is 0 Å². The van der Waals surface area contributed by atoms with Gasteiger partial charge in [-0.15, -0.1) is 24.0 Å². The molecule has 25 heavy (non-hydrogen) atoms. The fourth-order valence-corrected chi connectivity index (χ4v) is 3.38. The first-order valence-corrected chi connectivity index (χ1v) is 10.0. The van der Waals surface area contributed by atoms with Gasteiger partial charge in [-0.25, -0.2) is 18.1 Å². The number of rotatable bonds is 8. The van der Waals surface area contributed by atoms with Gasteiger partial charge in [0.05, 0.1) is 11.4 Å². The minimum atomic E-state index is -3.38. The maximum Gasteiger partial charge on any atom is 0.240 e. The van der Waals surface area contributed by atoms with Gasteiger partial charge >= 0.3 is 0 Å². The summed E-state index contributed by atoms with van der Waals surface area (Å²) in [6, 6.07) is 7.04. The van der Waals surface area contributed by atoms with Crippen LogP contribution in [0.1, 0.15) is 39.2 Å². The molecule has 0 amide bonds. The van der Waals surface area contributed by atoms with Crippen molar-refractivity contribution in [1.82, 2.24) is 15.4 Å². The Bertz CT molecular complexity index is 656. The number of benzene rings is 1. The molecule has 0 aliphatic heterocycles. The molecule has 1 aliphatic rings. The molecule has 8 heteroatoms. The molecule has 1 fully saturated rings. The summed E-state index contributed by atoms with van der Waals surface area (Å²) in [5.74, 6) is 1.32. The van der Waals surface area contributed by atoms with Crippen LogP contribution in [0.5, 0.6) is 0 Å². The van der Waals surface area contributed by atoms with Crippen molar-refractivity contribution in [3.63, 3.8) is 0 Å². The number of sulfonamides is 1. The number of guanidine groups is 1. The Morgan fingerprint density at radius 1 is 1.20 bits per heavy atom. The molecule has 3 N–H and O–H groups in total. The number of hydrogen-bond acceptors (Lipinski definition) is 3. The Morgan fingerprint density at radius 2 is 1.84 bits per heavy atom. The van der Waals surface area contributed by atoms with Gasteiger partial charge in [0.15, 0.2) is 5.96 Å². The lowest BCUT2D eigenvalue weighted by molar-refractivity contribution is 0.581. The summed E-state index contributed by atoms with van der Waals surface area (Å²) in [5.41, 5.74) is 0.974. The minimum Gasteiger partial charge on any atom is -0.357 e. The van der Waals surface area contributed by atoms with Crippen molar-refractivity contribution < 1.29 is 8.42 Å². The Balaban J connectivity index is 0.00000312. The van der Waals surface area contributed by atoms with Gasteiger partial charge in [-0.05, 0) is 43.4 Å². The summed E-state index contributed by atoms with van der Waals surface area (Å²) in [5, 5.41) is 6.49. The standard InChI is InChI=1S/C17H28N4O2S.HI/c1-4-18-17(19-11-13(2)3)20-12-14-5-9-16(10-6-14)24(22,23)21-15-7-8-15;/h5-6,9-10,13,15,21H,4,7-8,11-12H2,1-3H3,(H2,18,19,20);1H. The van der Waals surface area contributed by atoms with E-state index < -0.39 is 10.0 Å². The van der Waals surface area contributed by atoms with Crippen molar-refractivity contribution in [1.29, 1.82) is 0 Å². The van der Waals surface area contributed by atoms with Crippen LogP contribution in [-0.4, -0.2) is 33.5 Å². The van der Waals surface area contributed by atoms with E-state index in [4.69, 9.17) is 0 Å². The number of aliphatic imine (C=N–C) groups is 1. The molecule has 0 unspecified atom stereocenters. The van der Waals surface area contributed by atoms with Crippen LogP contribution in [0.4, 0.5) is 0 Å². The fourth-order valence-electron chi connectivity index (χ4n) is 2.08. The highest BCUT2D eigenvalue weighted by molar-refractivity contribution is 14.0. The zero-order chi connectivity index (χ0) is 17.6. The van der Waals surface area contributed by atoms with Crippen LogP contribution in [-0.2, 0) is 16.6 Å². The lowest BCUT2D eigenvalue weighted by Crippen LogP contribution is -2.39. The van der Waals surface area contributed by atoms with E-state index in [2.05, 4.69) is 34.2 Å². The van der Waals surface area contributed by atoms with E-state index in [0.29, 0.717) is 17.4 Å². The van der Waals surface area contributed by atoms with Gasteiger partial charge in [-0.1, -0.05) is 26.0 Å². The second-order valence-corrected chi connectivity index (χ2v) is 8.22. The third kappa shape index (κ3) is 7.91. The number of nitrogens with zero attached hydrogens (tertiary/aromatic N) is 1. The number of halogens is 1. The third-order valence-corrected chi connectivity index (χ3v) is 5.11. The molecule has 1 saturated carbocycles. The molecular formula is C17H29IN4O2S. The van der Waals surface area contributed by atoms with E-state index in [0.717, 1.165) is 37.5 Å². The molecular weight excluding hydrogens is 451 g/mol. The molecule has 1 aliphatic carbocycles. The monoisotopic (exact) mass is 480 g/mol. The predicted molar refractivity (Wildman–Crippen MR) is 113 cm³/mol. The highest BCUT2D eigenvalue weighted by Crippen LogP contribution is 2.22. The molecule has 2 rings (SSSR count). The molecule has 142 valence electrons. The van der Waals surface area contributed by atoms with Gasteiger partial charge in [0.1, 0.15) is 0 Å². The normalized spacial score (nSPS) is 15.0. The smallest absolute Gasteiger partial charge is 0.240 e. The van der Waals surface area contributed by atoms with E-state index in [9.17, 15) is 8.42 Å². The van der Waals surface area contributed by atoms with Crippen molar-refractivity contribution in [2.24, 2.45) is 10.9 Å². The maximum atomic E-state index is 12.1. The van der Waals surface area contributed by atoms with Crippen LogP contribution < -0.4 is 15.4 Å². The third-order valence-electron chi connectivity index (χ3n) is 3.57. The van der Waals surface area contributed by atoms with Crippen molar-refractivity contribution in [2.75, 3.05) is 13.1 Å². The largest absolute Gasteiger partial charge is 0.357 e. The average Bonchev–Trinajstić information content (AvgIpc) is 3.33. The SMILES string of the molecule is CCNC(=NCc1ccc(S(=O)(=O)NC2CC2)cc1)NCC(C)C.I. The Hall–Kier alpha value is -0.870. The molecule has 0 heterocycles. The molecule has 0 radical (unpaired) electrons. The fraction of sp³-hybridized carbons (Fsp3) is 0.588. The number of nitrogens with one attached hydrogen (secondary N) is 3. The summed E-state index contributed by atoms with van der Waals surface area (Å²) in [6.45, 7) is 8.48. The van der Waals surface area contributed by atoms with E-state index in [1.54, 1.807) is 12.1 Å². The van der Waals surface area contributed by atoms with Crippen molar-refractivity contribution in [2.45, 2.75) is 51.1 Å². The first-order valence-electron chi connectivity index (χ1n) is 8.54. The van der Waals surface area contributed by atoms with Crippen LogP contribution in [0.3, 0.4) is 0 Å². The predicted octanol–water partition coefficient (Wildman–Crippen LogP) is 2.46. The summed E-state index contributed by atoms with van der Waals surface area (Å²) in [4.78, 5) is 4.85. The van der Waals surface area contributed by atoms with Crippen LogP contribution in [0.15, 0.2) is 34.2 Å². The van der Waals surface area contributed by atoms with Gasteiger partial charge in [0.2, 0.25) is 10.0 Å². The quantitative estimate of drug-likeness (QED) is 0.303. The summed E-state index contributed by atoms with van der Waals surface area (Å²) >= 11 is 0. The van der Waals surface area contributed by atoms with Gasteiger partial charge in [-0.3, -0.25) is 0 Å². The van der Waals surface area contributed by atoms with Crippen molar-refractivity contribution >= 4 is 40.0 Å². The van der Waals surface area contributed by atoms with E-state index >= 15 is 0 Å². The Morgan fingerprint density at radius 3 is 2.36 bits per heavy atom.